The van der Waals surface area contributed by atoms with Crippen LogP contribution in [0.4, 0.5) is 4.79 Å². The van der Waals surface area contributed by atoms with Crippen molar-refractivity contribution in [2.45, 2.75) is 58.8 Å². The lowest BCUT2D eigenvalue weighted by Crippen LogP contribution is -2.59. The molecule has 2 heterocycles. The van der Waals surface area contributed by atoms with Crippen LogP contribution in [0.15, 0.2) is 12.4 Å². The Bertz CT molecular complexity index is 520. The van der Waals surface area contributed by atoms with Gasteiger partial charge in [0, 0.05) is 50.5 Å². The van der Waals surface area contributed by atoms with Gasteiger partial charge in [-0.3, -0.25) is 9.58 Å². The van der Waals surface area contributed by atoms with Crippen molar-refractivity contribution >= 4 is 6.09 Å². The van der Waals surface area contributed by atoms with Gasteiger partial charge in [-0.1, -0.05) is 0 Å². The number of hydrogen-bond donors (Lipinski definition) is 0. The molecule has 1 aromatic rings. The molecule has 0 spiro atoms. The molecule has 1 aliphatic heterocycles. The zero-order valence-electron chi connectivity index (χ0n) is 14.5. The summed E-state index contributed by atoms with van der Waals surface area (Å²) in [6.45, 7) is 12.4. The summed E-state index contributed by atoms with van der Waals surface area (Å²) in [5.41, 5.74) is 0.750. The molecule has 0 radical (unpaired) electrons. The summed E-state index contributed by atoms with van der Waals surface area (Å²) >= 11 is 0. The van der Waals surface area contributed by atoms with Crippen molar-refractivity contribution in [1.82, 2.24) is 19.6 Å². The van der Waals surface area contributed by atoms with Gasteiger partial charge in [0.1, 0.15) is 5.60 Å². The van der Waals surface area contributed by atoms with Crippen LogP contribution < -0.4 is 0 Å². The molecule has 2 rings (SSSR count). The molecule has 124 valence electrons. The molecular weight excluding hydrogens is 280 g/mol. The number of ether oxygens (including phenoxy) is 1. The summed E-state index contributed by atoms with van der Waals surface area (Å²) in [7, 11) is 1.93. The van der Waals surface area contributed by atoms with Crippen LogP contribution in [-0.4, -0.2) is 56.4 Å². The monoisotopic (exact) mass is 308 g/mol. The Morgan fingerprint density at radius 1 is 1.32 bits per heavy atom. The Labute approximate surface area is 133 Å². The number of piperazine rings is 1. The summed E-state index contributed by atoms with van der Waals surface area (Å²) in [6, 6.07) is 0.404. The maximum atomic E-state index is 12.3. The zero-order valence-corrected chi connectivity index (χ0v) is 14.5. The summed E-state index contributed by atoms with van der Waals surface area (Å²) in [6.07, 6.45) is 3.72. The molecule has 0 bridgehead atoms. The van der Waals surface area contributed by atoms with E-state index in [9.17, 15) is 4.79 Å². The van der Waals surface area contributed by atoms with Gasteiger partial charge in [0.15, 0.2) is 0 Å². The molecular formula is C16H28N4O2. The molecule has 6 nitrogen and oxygen atoms in total. The van der Waals surface area contributed by atoms with Crippen LogP contribution in [0.3, 0.4) is 0 Å². The lowest BCUT2D eigenvalue weighted by Gasteiger charge is -2.44. The van der Waals surface area contributed by atoms with E-state index in [0.29, 0.717) is 6.54 Å². The SMILES string of the molecule is C[C@@H]1[C@@H](C)N(C(=O)OC(C)(C)C)CCN1Cc1cnn(C)c1. The minimum Gasteiger partial charge on any atom is -0.444 e. The second kappa shape index (κ2) is 6.28. The van der Waals surface area contributed by atoms with Crippen LogP contribution in [0, 0.1) is 0 Å². The molecule has 1 fully saturated rings. The first-order valence-electron chi connectivity index (χ1n) is 7.88. The predicted octanol–water partition coefficient (Wildman–Crippen LogP) is 2.25. The molecule has 1 aliphatic rings. The van der Waals surface area contributed by atoms with Gasteiger partial charge in [-0.05, 0) is 34.6 Å². The number of hydrogen-bond acceptors (Lipinski definition) is 4. The van der Waals surface area contributed by atoms with Gasteiger partial charge >= 0.3 is 6.09 Å². The van der Waals surface area contributed by atoms with Crippen molar-refractivity contribution in [3.8, 4) is 0 Å². The Hall–Kier alpha value is -1.56. The van der Waals surface area contributed by atoms with Gasteiger partial charge < -0.3 is 9.64 Å². The fraction of sp³-hybridized carbons (Fsp3) is 0.750. The average Bonchev–Trinajstić information content (AvgIpc) is 2.78. The fourth-order valence-electron chi connectivity index (χ4n) is 2.80. The third kappa shape index (κ3) is 4.00. The largest absolute Gasteiger partial charge is 0.444 e. The third-order valence-corrected chi connectivity index (χ3v) is 4.17. The minimum absolute atomic E-state index is 0.125. The molecule has 6 heteroatoms. The van der Waals surface area contributed by atoms with E-state index in [1.165, 1.54) is 5.56 Å². The molecule has 0 N–H and O–H groups in total. The normalized spacial score (nSPS) is 23.6. The number of rotatable bonds is 2. The summed E-state index contributed by atoms with van der Waals surface area (Å²) in [5.74, 6) is 0. The zero-order chi connectivity index (χ0) is 16.5. The number of nitrogens with zero attached hydrogens (tertiary/aromatic N) is 4. The topological polar surface area (TPSA) is 50.6 Å². The lowest BCUT2D eigenvalue weighted by molar-refractivity contribution is -0.0144. The lowest BCUT2D eigenvalue weighted by atomic mass is 10.0. The quantitative estimate of drug-likeness (QED) is 0.841. The van der Waals surface area contributed by atoms with E-state index >= 15 is 0 Å². The van der Waals surface area contributed by atoms with Crippen molar-refractivity contribution < 1.29 is 9.53 Å². The Morgan fingerprint density at radius 2 is 2.00 bits per heavy atom. The molecule has 0 saturated carbocycles. The summed E-state index contributed by atoms with van der Waals surface area (Å²) in [5, 5.41) is 4.22. The summed E-state index contributed by atoms with van der Waals surface area (Å²) in [4.78, 5) is 16.5. The molecule has 22 heavy (non-hydrogen) atoms. The van der Waals surface area contributed by atoms with Crippen LogP contribution in [0.25, 0.3) is 0 Å². The van der Waals surface area contributed by atoms with Gasteiger partial charge in [0.25, 0.3) is 0 Å². The van der Waals surface area contributed by atoms with Gasteiger partial charge in [-0.25, -0.2) is 4.79 Å². The smallest absolute Gasteiger partial charge is 0.410 e. The molecule has 1 aromatic heterocycles. The number of aromatic nitrogens is 2. The highest BCUT2D eigenvalue weighted by atomic mass is 16.6. The van der Waals surface area contributed by atoms with Crippen molar-refractivity contribution in [2.75, 3.05) is 13.1 Å². The van der Waals surface area contributed by atoms with Gasteiger partial charge in [0.05, 0.1) is 6.20 Å². The predicted molar refractivity (Wildman–Crippen MR) is 85.5 cm³/mol. The van der Waals surface area contributed by atoms with E-state index in [1.807, 2.05) is 49.8 Å². The Balaban J connectivity index is 1.98. The molecule has 1 saturated heterocycles. The average molecular weight is 308 g/mol. The number of amides is 1. The molecule has 1 amide bonds. The molecule has 0 aromatic carbocycles. The van der Waals surface area contributed by atoms with Crippen LogP contribution in [0.1, 0.15) is 40.2 Å². The van der Waals surface area contributed by atoms with E-state index in [1.54, 1.807) is 0 Å². The van der Waals surface area contributed by atoms with Gasteiger partial charge in [-0.15, -0.1) is 0 Å². The van der Waals surface area contributed by atoms with Crippen molar-refractivity contribution in [2.24, 2.45) is 7.05 Å². The van der Waals surface area contributed by atoms with Crippen LogP contribution in [0.2, 0.25) is 0 Å². The minimum atomic E-state index is -0.452. The van der Waals surface area contributed by atoms with Crippen LogP contribution >= 0.6 is 0 Å². The van der Waals surface area contributed by atoms with E-state index in [0.717, 1.165) is 13.1 Å². The first-order chi connectivity index (χ1) is 10.2. The van der Waals surface area contributed by atoms with Gasteiger partial charge in [0.2, 0.25) is 0 Å². The highest BCUT2D eigenvalue weighted by Crippen LogP contribution is 2.21. The summed E-state index contributed by atoms with van der Waals surface area (Å²) < 4.78 is 7.33. The van der Waals surface area contributed by atoms with Crippen molar-refractivity contribution in [3.05, 3.63) is 18.0 Å². The van der Waals surface area contributed by atoms with Crippen LogP contribution in [0.5, 0.6) is 0 Å². The third-order valence-electron chi connectivity index (χ3n) is 4.17. The Kier molecular flexibility index (Phi) is 4.80. The Morgan fingerprint density at radius 3 is 2.55 bits per heavy atom. The van der Waals surface area contributed by atoms with E-state index in [4.69, 9.17) is 4.74 Å². The van der Waals surface area contributed by atoms with E-state index in [-0.39, 0.29) is 18.2 Å². The number of carbonyl (C=O) groups excluding carboxylic acids is 1. The molecule has 0 aliphatic carbocycles. The highest BCUT2D eigenvalue weighted by Gasteiger charge is 2.35. The first kappa shape index (κ1) is 16.8. The second-order valence-corrected chi connectivity index (χ2v) is 7.15. The highest BCUT2D eigenvalue weighted by molar-refractivity contribution is 5.68. The number of aryl methyl sites for hydroxylation is 1. The maximum absolute atomic E-state index is 12.3. The van der Waals surface area contributed by atoms with Crippen LogP contribution in [-0.2, 0) is 18.3 Å². The van der Waals surface area contributed by atoms with E-state index < -0.39 is 5.60 Å². The first-order valence-corrected chi connectivity index (χ1v) is 7.88. The standard InChI is InChI=1S/C16H28N4O2/c1-12-13(2)20(15(21)22-16(3,4)5)8-7-19(12)11-14-9-17-18(6)10-14/h9-10,12-13H,7-8,11H2,1-6H3/t12-,13-/m1/s1. The maximum Gasteiger partial charge on any atom is 0.410 e. The van der Waals surface area contributed by atoms with Gasteiger partial charge in [-0.2, -0.15) is 5.10 Å². The fourth-order valence-corrected chi connectivity index (χ4v) is 2.80. The molecule has 2 atom stereocenters. The van der Waals surface area contributed by atoms with Crippen molar-refractivity contribution in [1.29, 1.82) is 0 Å². The number of carbonyl (C=O) groups is 1. The molecule has 0 unspecified atom stereocenters. The van der Waals surface area contributed by atoms with E-state index in [2.05, 4.69) is 23.8 Å². The second-order valence-electron chi connectivity index (χ2n) is 7.15. The van der Waals surface area contributed by atoms with Crippen molar-refractivity contribution in [3.63, 3.8) is 0 Å².